The van der Waals surface area contributed by atoms with Gasteiger partial charge in [-0.1, -0.05) is 12.1 Å². The minimum atomic E-state index is -0.874. The SMILES string of the molecule is O=C(O)CCC1CCCCN1C(=O)CNC(=O)Cc1cccc(F)c1. The Labute approximate surface area is 146 Å². The first kappa shape index (κ1) is 18.9. The van der Waals surface area contributed by atoms with Gasteiger partial charge in [0.2, 0.25) is 11.8 Å². The van der Waals surface area contributed by atoms with Gasteiger partial charge in [-0.15, -0.1) is 0 Å². The molecule has 1 aromatic carbocycles. The fraction of sp³-hybridized carbons (Fsp3) is 0.500. The Hall–Kier alpha value is -2.44. The van der Waals surface area contributed by atoms with Crippen LogP contribution >= 0.6 is 0 Å². The van der Waals surface area contributed by atoms with E-state index in [9.17, 15) is 18.8 Å². The molecular formula is C18H23FN2O4. The fourth-order valence-corrected chi connectivity index (χ4v) is 3.09. The van der Waals surface area contributed by atoms with Crippen molar-refractivity contribution in [2.24, 2.45) is 0 Å². The number of carbonyl (C=O) groups is 3. The Balaban J connectivity index is 1.82. The lowest BCUT2D eigenvalue weighted by Gasteiger charge is -2.35. The maximum absolute atomic E-state index is 13.1. The smallest absolute Gasteiger partial charge is 0.303 e. The molecule has 0 aliphatic carbocycles. The Morgan fingerprint density at radius 2 is 2.08 bits per heavy atom. The van der Waals surface area contributed by atoms with Crippen molar-refractivity contribution in [1.29, 1.82) is 0 Å². The van der Waals surface area contributed by atoms with Gasteiger partial charge in [0.05, 0.1) is 13.0 Å². The molecule has 1 unspecified atom stereocenters. The number of carbonyl (C=O) groups excluding carboxylic acids is 2. The third kappa shape index (κ3) is 6.17. The van der Waals surface area contributed by atoms with E-state index in [0.717, 1.165) is 19.3 Å². The normalized spacial score (nSPS) is 17.2. The van der Waals surface area contributed by atoms with Crippen molar-refractivity contribution >= 4 is 17.8 Å². The van der Waals surface area contributed by atoms with E-state index < -0.39 is 11.8 Å². The highest BCUT2D eigenvalue weighted by molar-refractivity contribution is 5.86. The van der Waals surface area contributed by atoms with Crippen molar-refractivity contribution in [1.82, 2.24) is 10.2 Å². The van der Waals surface area contributed by atoms with Crippen LogP contribution in [0.4, 0.5) is 4.39 Å². The van der Waals surface area contributed by atoms with Crippen LogP contribution in [0.25, 0.3) is 0 Å². The molecule has 1 heterocycles. The number of nitrogens with zero attached hydrogens (tertiary/aromatic N) is 1. The molecule has 1 fully saturated rings. The second-order valence-corrected chi connectivity index (χ2v) is 6.25. The lowest BCUT2D eigenvalue weighted by molar-refractivity contribution is -0.140. The molecule has 0 bridgehead atoms. The number of rotatable bonds is 7. The van der Waals surface area contributed by atoms with Crippen LogP contribution in [0.15, 0.2) is 24.3 Å². The molecule has 2 rings (SSSR count). The van der Waals surface area contributed by atoms with Crippen LogP contribution in [0.1, 0.15) is 37.7 Å². The molecule has 0 aromatic heterocycles. The van der Waals surface area contributed by atoms with Gasteiger partial charge >= 0.3 is 5.97 Å². The zero-order valence-corrected chi connectivity index (χ0v) is 14.0. The lowest BCUT2D eigenvalue weighted by atomic mass is 9.98. The van der Waals surface area contributed by atoms with E-state index in [2.05, 4.69) is 5.32 Å². The Bertz CT molecular complexity index is 635. The molecule has 136 valence electrons. The van der Waals surface area contributed by atoms with E-state index in [-0.39, 0.29) is 37.2 Å². The van der Waals surface area contributed by atoms with Crippen molar-refractivity contribution in [3.63, 3.8) is 0 Å². The summed E-state index contributed by atoms with van der Waals surface area (Å²) in [6, 6.07) is 5.69. The number of benzene rings is 1. The molecule has 7 heteroatoms. The highest BCUT2D eigenvalue weighted by atomic mass is 19.1. The van der Waals surface area contributed by atoms with E-state index in [1.165, 1.54) is 18.2 Å². The number of halogens is 1. The number of aliphatic carboxylic acids is 1. The lowest BCUT2D eigenvalue weighted by Crippen LogP contribution is -2.48. The quantitative estimate of drug-likeness (QED) is 0.784. The number of carboxylic acids is 1. The van der Waals surface area contributed by atoms with Gasteiger partial charge in [0.15, 0.2) is 0 Å². The third-order valence-electron chi connectivity index (χ3n) is 4.33. The van der Waals surface area contributed by atoms with Crippen molar-refractivity contribution in [2.45, 2.75) is 44.6 Å². The predicted octanol–water partition coefficient (Wildman–Crippen LogP) is 1.73. The number of likely N-dealkylation sites (tertiary alicyclic amines) is 1. The average molecular weight is 350 g/mol. The molecule has 1 atom stereocenters. The molecule has 2 amide bonds. The molecule has 1 aliphatic heterocycles. The molecule has 0 spiro atoms. The maximum Gasteiger partial charge on any atom is 0.303 e. The topological polar surface area (TPSA) is 86.7 Å². The van der Waals surface area contributed by atoms with Crippen LogP contribution in [0.2, 0.25) is 0 Å². The first-order valence-corrected chi connectivity index (χ1v) is 8.48. The molecule has 1 aromatic rings. The van der Waals surface area contributed by atoms with Crippen molar-refractivity contribution in [3.05, 3.63) is 35.6 Å². The number of amides is 2. The summed E-state index contributed by atoms with van der Waals surface area (Å²) in [5.74, 6) is -1.84. The predicted molar refractivity (Wildman–Crippen MR) is 89.3 cm³/mol. The van der Waals surface area contributed by atoms with Crippen LogP contribution < -0.4 is 5.32 Å². The second kappa shape index (κ2) is 9.15. The Morgan fingerprint density at radius 1 is 1.28 bits per heavy atom. The minimum Gasteiger partial charge on any atom is -0.481 e. The molecule has 0 radical (unpaired) electrons. The fourth-order valence-electron chi connectivity index (χ4n) is 3.09. The first-order chi connectivity index (χ1) is 12.0. The number of nitrogens with one attached hydrogen (secondary N) is 1. The van der Waals surface area contributed by atoms with E-state index in [1.54, 1.807) is 11.0 Å². The van der Waals surface area contributed by atoms with Gasteiger partial charge in [-0.25, -0.2) is 4.39 Å². The van der Waals surface area contributed by atoms with Crippen molar-refractivity contribution in [2.75, 3.05) is 13.1 Å². The highest BCUT2D eigenvalue weighted by Gasteiger charge is 2.27. The van der Waals surface area contributed by atoms with E-state index in [4.69, 9.17) is 5.11 Å². The highest BCUT2D eigenvalue weighted by Crippen LogP contribution is 2.20. The summed E-state index contributed by atoms with van der Waals surface area (Å²) >= 11 is 0. The van der Waals surface area contributed by atoms with Gasteiger partial charge in [0.25, 0.3) is 0 Å². The van der Waals surface area contributed by atoms with Crippen LogP contribution in [0.3, 0.4) is 0 Å². The number of piperidine rings is 1. The second-order valence-electron chi connectivity index (χ2n) is 6.25. The first-order valence-electron chi connectivity index (χ1n) is 8.48. The molecule has 1 aliphatic rings. The zero-order valence-electron chi connectivity index (χ0n) is 14.0. The van der Waals surface area contributed by atoms with Crippen LogP contribution in [-0.2, 0) is 20.8 Å². The van der Waals surface area contributed by atoms with Gasteiger partial charge in [-0.2, -0.15) is 0 Å². The monoisotopic (exact) mass is 350 g/mol. The van der Waals surface area contributed by atoms with Crippen molar-refractivity contribution in [3.8, 4) is 0 Å². The van der Waals surface area contributed by atoms with E-state index in [1.807, 2.05) is 0 Å². The van der Waals surface area contributed by atoms with Crippen LogP contribution in [0.5, 0.6) is 0 Å². The molecule has 0 saturated carbocycles. The largest absolute Gasteiger partial charge is 0.481 e. The zero-order chi connectivity index (χ0) is 18.2. The van der Waals surface area contributed by atoms with Crippen LogP contribution in [0, 0.1) is 5.82 Å². The molecule has 6 nitrogen and oxygen atoms in total. The van der Waals surface area contributed by atoms with Crippen LogP contribution in [-0.4, -0.2) is 46.9 Å². The summed E-state index contributed by atoms with van der Waals surface area (Å²) in [5.41, 5.74) is 0.544. The third-order valence-corrected chi connectivity index (χ3v) is 4.33. The summed E-state index contributed by atoms with van der Waals surface area (Å²) in [6.45, 7) is 0.459. The van der Waals surface area contributed by atoms with Gasteiger partial charge in [0, 0.05) is 19.0 Å². The number of carboxylic acid groups (broad SMARTS) is 1. The minimum absolute atomic E-state index is 0.00742. The molecule has 25 heavy (non-hydrogen) atoms. The maximum atomic E-state index is 13.1. The number of hydrogen-bond acceptors (Lipinski definition) is 3. The molecule has 1 saturated heterocycles. The van der Waals surface area contributed by atoms with Gasteiger partial charge in [-0.3, -0.25) is 14.4 Å². The summed E-state index contributed by atoms with van der Waals surface area (Å²) < 4.78 is 13.1. The Kier molecular flexibility index (Phi) is 6.91. The number of hydrogen-bond donors (Lipinski definition) is 2. The van der Waals surface area contributed by atoms with Crippen molar-refractivity contribution < 1.29 is 23.9 Å². The summed E-state index contributed by atoms with van der Waals surface area (Å²) in [7, 11) is 0. The summed E-state index contributed by atoms with van der Waals surface area (Å²) in [4.78, 5) is 36.7. The summed E-state index contributed by atoms with van der Waals surface area (Å²) in [5, 5.41) is 11.4. The van der Waals surface area contributed by atoms with Gasteiger partial charge < -0.3 is 15.3 Å². The average Bonchev–Trinajstić information content (AvgIpc) is 2.58. The van der Waals surface area contributed by atoms with E-state index >= 15 is 0 Å². The van der Waals surface area contributed by atoms with Gasteiger partial charge in [-0.05, 0) is 43.4 Å². The standard InChI is InChI=1S/C18H23FN2O4/c19-14-5-3-4-13(10-14)11-16(22)20-12-17(23)21-9-2-1-6-15(21)7-8-18(24)25/h3-5,10,15H,1-2,6-9,11-12H2,(H,20,22)(H,24,25). The van der Waals surface area contributed by atoms with E-state index in [0.29, 0.717) is 18.5 Å². The van der Waals surface area contributed by atoms with Gasteiger partial charge in [0.1, 0.15) is 5.82 Å². The Morgan fingerprint density at radius 3 is 2.80 bits per heavy atom. The summed E-state index contributed by atoms with van der Waals surface area (Å²) in [6.07, 6.45) is 3.11. The molecular weight excluding hydrogens is 327 g/mol. The molecule has 2 N–H and O–H groups in total.